The molecule has 0 aliphatic heterocycles. The molecular weight excluding hydrogens is 300 g/mol. The molecule has 2 aromatic rings. The Morgan fingerprint density at radius 2 is 1.74 bits per heavy atom. The Morgan fingerprint density at radius 3 is 2.35 bits per heavy atom. The topological polar surface area (TPSA) is 119 Å². The maximum atomic E-state index is 11.7. The van der Waals surface area contributed by atoms with Crippen LogP contribution in [0.15, 0.2) is 48.5 Å². The van der Waals surface area contributed by atoms with E-state index in [2.05, 4.69) is 5.32 Å². The van der Waals surface area contributed by atoms with Crippen LogP contribution in [-0.4, -0.2) is 29.5 Å². The SMILES string of the molecule is NC(=O)c1ccc(NC(=O)COC(=O)c2cccc(O)c2)cc1. The largest absolute Gasteiger partial charge is 0.508 e. The summed E-state index contributed by atoms with van der Waals surface area (Å²) >= 11 is 0. The quantitative estimate of drug-likeness (QED) is 0.718. The van der Waals surface area contributed by atoms with Crippen molar-refractivity contribution in [1.82, 2.24) is 0 Å². The van der Waals surface area contributed by atoms with Crippen LogP contribution < -0.4 is 11.1 Å². The van der Waals surface area contributed by atoms with E-state index in [4.69, 9.17) is 10.5 Å². The van der Waals surface area contributed by atoms with Crippen LogP contribution in [0.25, 0.3) is 0 Å². The van der Waals surface area contributed by atoms with E-state index in [9.17, 15) is 19.5 Å². The number of anilines is 1. The maximum Gasteiger partial charge on any atom is 0.338 e. The van der Waals surface area contributed by atoms with Gasteiger partial charge in [0.25, 0.3) is 5.91 Å². The first-order valence-corrected chi connectivity index (χ1v) is 6.61. The zero-order chi connectivity index (χ0) is 16.8. The minimum absolute atomic E-state index is 0.0709. The molecule has 0 atom stereocenters. The van der Waals surface area contributed by atoms with Crippen molar-refractivity contribution in [3.63, 3.8) is 0 Å². The van der Waals surface area contributed by atoms with Crippen molar-refractivity contribution >= 4 is 23.5 Å². The van der Waals surface area contributed by atoms with E-state index in [0.717, 1.165) is 0 Å². The van der Waals surface area contributed by atoms with E-state index in [1.54, 1.807) is 0 Å². The number of carbonyl (C=O) groups is 3. The van der Waals surface area contributed by atoms with Crippen molar-refractivity contribution in [1.29, 1.82) is 0 Å². The van der Waals surface area contributed by atoms with Gasteiger partial charge in [-0.05, 0) is 42.5 Å². The Hall–Kier alpha value is -3.35. The zero-order valence-corrected chi connectivity index (χ0v) is 12.0. The maximum absolute atomic E-state index is 11.7. The van der Waals surface area contributed by atoms with Crippen molar-refractivity contribution in [3.05, 3.63) is 59.7 Å². The van der Waals surface area contributed by atoms with Gasteiger partial charge in [0.05, 0.1) is 5.56 Å². The second kappa shape index (κ2) is 7.08. The first-order chi connectivity index (χ1) is 11.0. The van der Waals surface area contributed by atoms with E-state index in [0.29, 0.717) is 11.3 Å². The zero-order valence-electron chi connectivity index (χ0n) is 12.0. The number of ether oxygens (including phenoxy) is 1. The van der Waals surface area contributed by atoms with Crippen molar-refractivity contribution in [2.45, 2.75) is 0 Å². The number of esters is 1. The Balaban J connectivity index is 1.87. The Kier molecular flexibility index (Phi) is 4.93. The molecule has 2 rings (SSSR count). The first kappa shape index (κ1) is 16.0. The van der Waals surface area contributed by atoms with E-state index >= 15 is 0 Å². The number of aromatic hydroxyl groups is 1. The molecule has 0 saturated heterocycles. The summed E-state index contributed by atoms with van der Waals surface area (Å²) in [5.74, 6) is -1.90. The molecule has 2 aromatic carbocycles. The highest BCUT2D eigenvalue weighted by atomic mass is 16.5. The van der Waals surface area contributed by atoms with E-state index in [1.807, 2.05) is 0 Å². The number of phenolic OH excluding ortho intramolecular Hbond substituents is 1. The van der Waals surface area contributed by atoms with Crippen molar-refractivity contribution in [2.24, 2.45) is 5.73 Å². The third-order valence-electron chi connectivity index (χ3n) is 2.87. The van der Waals surface area contributed by atoms with Gasteiger partial charge < -0.3 is 20.9 Å². The molecule has 0 unspecified atom stereocenters. The van der Waals surface area contributed by atoms with Gasteiger partial charge in [-0.2, -0.15) is 0 Å². The lowest BCUT2D eigenvalue weighted by Gasteiger charge is -2.07. The number of carbonyl (C=O) groups excluding carboxylic acids is 3. The highest BCUT2D eigenvalue weighted by molar-refractivity contribution is 5.96. The molecule has 118 valence electrons. The summed E-state index contributed by atoms with van der Waals surface area (Å²) in [5, 5.41) is 11.8. The van der Waals surface area contributed by atoms with Gasteiger partial charge >= 0.3 is 5.97 Å². The summed E-state index contributed by atoms with van der Waals surface area (Å²) < 4.78 is 4.84. The summed E-state index contributed by atoms with van der Waals surface area (Å²) in [4.78, 5) is 34.3. The highest BCUT2D eigenvalue weighted by Gasteiger charge is 2.11. The summed E-state index contributed by atoms with van der Waals surface area (Å²) in [6.45, 7) is -0.480. The fourth-order valence-electron chi connectivity index (χ4n) is 1.76. The van der Waals surface area contributed by atoms with Crippen LogP contribution >= 0.6 is 0 Å². The lowest BCUT2D eigenvalue weighted by atomic mass is 10.2. The second-order valence-electron chi connectivity index (χ2n) is 4.62. The van der Waals surface area contributed by atoms with Crippen LogP contribution in [0.3, 0.4) is 0 Å². The summed E-state index contributed by atoms with van der Waals surface area (Å²) in [6.07, 6.45) is 0. The molecule has 0 fully saturated rings. The molecule has 0 aliphatic rings. The van der Waals surface area contributed by atoms with Crippen LogP contribution in [0.5, 0.6) is 5.75 Å². The number of hydrogen-bond donors (Lipinski definition) is 3. The smallest absolute Gasteiger partial charge is 0.338 e. The van der Waals surface area contributed by atoms with Gasteiger partial charge in [-0.25, -0.2) is 4.79 Å². The van der Waals surface area contributed by atoms with Crippen LogP contribution in [-0.2, 0) is 9.53 Å². The molecule has 0 aliphatic carbocycles. The fourth-order valence-corrected chi connectivity index (χ4v) is 1.76. The molecular formula is C16H14N2O5. The number of nitrogens with one attached hydrogen (secondary N) is 1. The van der Waals surface area contributed by atoms with Gasteiger partial charge in [0.15, 0.2) is 6.61 Å². The number of amides is 2. The van der Waals surface area contributed by atoms with Gasteiger partial charge in [-0.3, -0.25) is 9.59 Å². The summed E-state index contributed by atoms with van der Waals surface area (Å²) in [6, 6.07) is 11.6. The Morgan fingerprint density at radius 1 is 1.04 bits per heavy atom. The number of nitrogens with two attached hydrogens (primary N) is 1. The summed E-state index contributed by atoms with van der Waals surface area (Å²) in [7, 11) is 0. The number of benzene rings is 2. The van der Waals surface area contributed by atoms with Gasteiger partial charge in [0, 0.05) is 11.3 Å². The number of primary amides is 1. The molecule has 0 spiro atoms. The van der Waals surface area contributed by atoms with Crippen molar-refractivity contribution < 1.29 is 24.2 Å². The monoisotopic (exact) mass is 314 g/mol. The molecule has 7 nitrogen and oxygen atoms in total. The fraction of sp³-hybridized carbons (Fsp3) is 0.0625. The van der Waals surface area contributed by atoms with Gasteiger partial charge in [0.2, 0.25) is 5.91 Å². The molecule has 7 heteroatoms. The third-order valence-corrected chi connectivity index (χ3v) is 2.87. The molecule has 0 saturated carbocycles. The van der Waals surface area contributed by atoms with Crippen LogP contribution in [0.4, 0.5) is 5.69 Å². The minimum atomic E-state index is -0.722. The average Bonchev–Trinajstić information content (AvgIpc) is 2.53. The van der Waals surface area contributed by atoms with Gasteiger partial charge in [-0.1, -0.05) is 6.07 Å². The van der Waals surface area contributed by atoms with E-state index in [-0.39, 0.29) is 11.3 Å². The Bertz CT molecular complexity index is 740. The molecule has 0 heterocycles. The average molecular weight is 314 g/mol. The van der Waals surface area contributed by atoms with Crippen molar-refractivity contribution in [2.75, 3.05) is 11.9 Å². The van der Waals surface area contributed by atoms with Crippen LogP contribution in [0, 0.1) is 0 Å². The molecule has 0 aromatic heterocycles. The van der Waals surface area contributed by atoms with E-state index < -0.39 is 24.4 Å². The standard InChI is InChI=1S/C16H14N2O5/c17-15(21)10-4-6-12(7-5-10)18-14(20)9-23-16(22)11-2-1-3-13(19)8-11/h1-8,19H,9H2,(H2,17,21)(H,18,20). The van der Waals surface area contributed by atoms with E-state index in [1.165, 1.54) is 48.5 Å². The summed E-state index contributed by atoms with van der Waals surface area (Å²) in [5.41, 5.74) is 6.01. The first-order valence-electron chi connectivity index (χ1n) is 6.61. The lowest BCUT2D eigenvalue weighted by molar-refractivity contribution is -0.119. The lowest BCUT2D eigenvalue weighted by Crippen LogP contribution is -2.21. The molecule has 0 radical (unpaired) electrons. The molecule has 23 heavy (non-hydrogen) atoms. The van der Waals surface area contributed by atoms with Crippen LogP contribution in [0.2, 0.25) is 0 Å². The van der Waals surface area contributed by atoms with Crippen LogP contribution in [0.1, 0.15) is 20.7 Å². The number of phenols is 1. The normalized spacial score (nSPS) is 9.91. The predicted octanol–water partition coefficient (Wildman–Crippen LogP) is 1.29. The molecule has 2 amide bonds. The predicted molar refractivity (Wildman–Crippen MR) is 82.0 cm³/mol. The molecule has 0 bridgehead atoms. The Labute approximate surface area is 131 Å². The molecule has 4 N–H and O–H groups in total. The number of rotatable bonds is 5. The van der Waals surface area contributed by atoms with Crippen molar-refractivity contribution in [3.8, 4) is 5.75 Å². The van der Waals surface area contributed by atoms with Gasteiger partial charge in [0.1, 0.15) is 5.75 Å². The minimum Gasteiger partial charge on any atom is -0.508 e. The highest BCUT2D eigenvalue weighted by Crippen LogP contribution is 2.12. The number of hydrogen-bond acceptors (Lipinski definition) is 5. The third kappa shape index (κ3) is 4.57. The second-order valence-corrected chi connectivity index (χ2v) is 4.62. The van der Waals surface area contributed by atoms with Gasteiger partial charge in [-0.15, -0.1) is 0 Å².